The van der Waals surface area contributed by atoms with Gasteiger partial charge in [-0.15, -0.1) is 0 Å². The van der Waals surface area contributed by atoms with Crippen molar-refractivity contribution in [2.24, 2.45) is 11.3 Å². The molecule has 2 fully saturated rings. The van der Waals surface area contributed by atoms with Gasteiger partial charge in [-0.25, -0.2) is 4.79 Å². The lowest BCUT2D eigenvalue weighted by Gasteiger charge is -2.13. The Morgan fingerprint density at radius 3 is 2.50 bits per heavy atom. The van der Waals surface area contributed by atoms with E-state index in [1.807, 2.05) is 0 Å². The molecular formula is C10H15NO3. The number of carbonyl (C=O) groups is 2. The highest BCUT2D eigenvalue weighted by molar-refractivity contribution is 6.32. The molecule has 0 radical (unpaired) electrons. The number of nitrogens with one attached hydrogen (secondary N) is 1. The third kappa shape index (κ3) is 1.74. The summed E-state index contributed by atoms with van der Waals surface area (Å²) >= 11 is 0. The summed E-state index contributed by atoms with van der Waals surface area (Å²) in [6.07, 6.45) is 4.96. The van der Waals surface area contributed by atoms with Gasteiger partial charge in [-0.2, -0.15) is 0 Å². The summed E-state index contributed by atoms with van der Waals surface area (Å²) < 4.78 is 4.32. The van der Waals surface area contributed by atoms with Crippen LogP contribution in [0, 0.1) is 11.3 Å². The molecule has 0 heterocycles. The summed E-state index contributed by atoms with van der Waals surface area (Å²) in [6, 6.07) is 0. The maximum absolute atomic E-state index is 11.1. The Hall–Kier alpha value is -1.06. The SMILES string of the molecule is COC(=O)C(=O)NCC1(C2CC2)CC1. The minimum absolute atomic E-state index is 0.337. The molecule has 2 rings (SSSR count). The average molecular weight is 197 g/mol. The number of carbonyl (C=O) groups excluding carboxylic acids is 2. The van der Waals surface area contributed by atoms with E-state index in [2.05, 4.69) is 10.1 Å². The van der Waals surface area contributed by atoms with Crippen molar-refractivity contribution in [2.45, 2.75) is 25.7 Å². The van der Waals surface area contributed by atoms with Gasteiger partial charge >= 0.3 is 11.9 Å². The van der Waals surface area contributed by atoms with Crippen molar-refractivity contribution in [2.75, 3.05) is 13.7 Å². The molecule has 0 aromatic carbocycles. The van der Waals surface area contributed by atoms with Gasteiger partial charge in [-0.05, 0) is 37.0 Å². The molecule has 4 heteroatoms. The molecule has 4 nitrogen and oxygen atoms in total. The zero-order valence-corrected chi connectivity index (χ0v) is 8.34. The lowest BCUT2D eigenvalue weighted by Crippen LogP contribution is -2.36. The van der Waals surface area contributed by atoms with Gasteiger partial charge in [0, 0.05) is 6.54 Å². The first-order chi connectivity index (χ1) is 6.68. The molecule has 0 aromatic rings. The Morgan fingerprint density at radius 2 is 2.07 bits per heavy atom. The van der Waals surface area contributed by atoms with Crippen molar-refractivity contribution in [3.63, 3.8) is 0 Å². The van der Waals surface area contributed by atoms with Crippen LogP contribution in [0.25, 0.3) is 0 Å². The van der Waals surface area contributed by atoms with Crippen LogP contribution < -0.4 is 5.32 Å². The van der Waals surface area contributed by atoms with E-state index in [1.54, 1.807) is 0 Å². The van der Waals surface area contributed by atoms with Gasteiger partial charge in [0.2, 0.25) is 0 Å². The second-order valence-electron chi connectivity index (χ2n) is 4.31. The Kier molecular flexibility index (Phi) is 2.21. The van der Waals surface area contributed by atoms with E-state index in [-0.39, 0.29) is 0 Å². The fourth-order valence-corrected chi connectivity index (χ4v) is 2.01. The molecule has 1 amide bonds. The summed E-state index contributed by atoms with van der Waals surface area (Å²) in [5.74, 6) is -0.614. The topological polar surface area (TPSA) is 55.4 Å². The van der Waals surface area contributed by atoms with Crippen LogP contribution in [0.5, 0.6) is 0 Å². The number of hydrogen-bond acceptors (Lipinski definition) is 3. The maximum Gasteiger partial charge on any atom is 0.396 e. The third-order valence-corrected chi connectivity index (χ3v) is 3.31. The van der Waals surface area contributed by atoms with E-state index in [0.29, 0.717) is 12.0 Å². The Bertz CT molecular complexity index is 267. The van der Waals surface area contributed by atoms with E-state index < -0.39 is 11.9 Å². The summed E-state index contributed by atoms with van der Waals surface area (Å²) in [5, 5.41) is 2.64. The van der Waals surface area contributed by atoms with Crippen LogP contribution in [-0.2, 0) is 14.3 Å². The fourth-order valence-electron chi connectivity index (χ4n) is 2.01. The number of amides is 1. The molecule has 1 N–H and O–H groups in total. The van der Waals surface area contributed by atoms with Gasteiger partial charge in [0.1, 0.15) is 0 Å². The minimum atomic E-state index is -0.795. The molecule has 0 unspecified atom stereocenters. The van der Waals surface area contributed by atoms with E-state index in [9.17, 15) is 9.59 Å². The van der Waals surface area contributed by atoms with Crippen LogP contribution in [0.3, 0.4) is 0 Å². The zero-order chi connectivity index (χ0) is 10.2. The average Bonchev–Trinajstić information content (AvgIpc) is 3.03. The van der Waals surface area contributed by atoms with Gasteiger partial charge < -0.3 is 10.1 Å². The zero-order valence-electron chi connectivity index (χ0n) is 8.34. The maximum atomic E-state index is 11.1. The first-order valence-corrected chi connectivity index (χ1v) is 5.04. The molecule has 0 atom stereocenters. The molecule has 0 spiro atoms. The largest absolute Gasteiger partial charge is 0.462 e. The first kappa shape index (κ1) is 9.49. The number of esters is 1. The van der Waals surface area contributed by atoms with Crippen molar-refractivity contribution >= 4 is 11.9 Å². The summed E-state index contributed by atoms with van der Waals surface area (Å²) in [7, 11) is 1.22. The molecule has 14 heavy (non-hydrogen) atoms. The van der Waals surface area contributed by atoms with E-state index in [4.69, 9.17) is 0 Å². The Labute approximate surface area is 83.0 Å². The van der Waals surface area contributed by atoms with E-state index in [1.165, 1.54) is 32.8 Å². The molecule has 0 aliphatic heterocycles. The molecule has 0 bridgehead atoms. The van der Waals surface area contributed by atoms with Crippen LogP contribution >= 0.6 is 0 Å². The molecule has 2 saturated carbocycles. The standard InChI is InChI=1S/C10H15NO3/c1-14-9(13)8(12)11-6-10(4-5-10)7-2-3-7/h7H,2-6H2,1H3,(H,11,12). The summed E-state index contributed by atoms with van der Waals surface area (Å²) in [5.41, 5.74) is 0.337. The lowest BCUT2D eigenvalue weighted by atomic mass is 10.0. The van der Waals surface area contributed by atoms with Crippen molar-refractivity contribution in [3.8, 4) is 0 Å². The van der Waals surface area contributed by atoms with Crippen molar-refractivity contribution in [1.82, 2.24) is 5.32 Å². The lowest BCUT2D eigenvalue weighted by molar-refractivity contribution is -0.152. The van der Waals surface area contributed by atoms with Gasteiger partial charge in [0.25, 0.3) is 0 Å². The molecule has 78 valence electrons. The Morgan fingerprint density at radius 1 is 1.43 bits per heavy atom. The second kappa shape index (κ2) is 3.26. The normalized spacial score (nSPS) is 22.6. The van der Waals surface area contributed by atoms with Crippen molar-refractivity contribution in [3.05, 3.63) is 0 Å². The van der Waals surface area contributed by atoms with Gasteiger partial charge in [0.05, 0.1) is 7.11 Å². The van der Waals surface area contributed by atoms with Gasteiger partial charge in [-0.3, -0.25) is 4.79 Å². The summed E-state index contributed by atoms with van der Waals surface area (Å²) in [4.78, 5) is 21.9. The van der Waals surface area contributed by atoms with E-state index >= 15 is 0 Å². The second-order valence-corrected chi connectivity index (χ2v) is 4.31. The number of hydrogen-bond donors (Lipinski definition) is 1. The molecule has 0 aromatic heterocycles. The van der Waals surface area contributed by atoms with Gasteiger partial charge in [0.15, 0.2) is 0 Å². The predicted molar refractivity (Wildman–Crippen MR) is 49.4 cm³/mol. The first-order valence-electron chi connectivity index (χ1n) is 5.04. The molecule has 2 aliphatic rings. The van der Waals surface area contributed by atoms with Crippen LogP contribution in [0.15, 0.2) is 0 Å². The predicted octanol–water partition coefficient (Wildman–Crippen LogP) is 0.466. The number of methoxy groups -OCH3 is 1. The van der Waals surface area contributed by atoms with E-state index in [0.717, 1.165) is 5.92 Å². The summed E-state index contributed by atoms with van der Waals surface area (Å²) in [6.45, 7) is 0.644. The monoisotopic (exact) mass is 197 g/mol. The van der Waals surface area contributed by atoms with Crippen LogP contribution in [0.2, 0.25) is 0 Å². The minimum Gasteiger partial charge on any atom is -0.462 e. The fraction of sp³-hybridized carbons (Fsp3) is 0.800. The highest BCUT2D eigenvalue weighted by atomic mass is 16.5. The number of rotatable bonds is 3. The van der Waals surface area contributed by atoms with Crippen molar-refractivity contribution < 1.29 is 14.3 Å². The van der Waals surface area contributed by atoms with Gasteiger partial charge in [-0.1, -0.05) is 0 Å². The smallest absolute Gasteiger partial charge is 0.396 e. The van der Waals surface area contributed by atoms with Crippen LogP contribution in [-0.4, -0.2) is 25.5 Å². The van der Waals surface area contributed by atoms with Crippen molar-refractivity contribution in [1.29, 1.82) is 0 Å². The molecule has 0 saturated heterocycles. The molecule has 2 aliphatic carbocycles. The third-order valence-electron chi connectivity index (χ3n) is 3.31. The van der Waals surface area contributed by atoms with Crippen LogP contribution in [0.1, 0.15) is 25.7 Å². The highest BCUT2D eigenvalue weighted by Gasteiger charge is 2.53. The number of ether oxygens (including phenoxy) is 1. The quantitative estimate of drug-likeness (QED) is 0.528. The van der Waals surface area contributed by atoms with Crippen LogP contribution in [0.4, 0.5) is 0 Å². The molecular weight excluding hydrogens is 182 g/mol. The highest BCUT2D eigenvalue weighted by Crippen LogP contribution is 2.60. The Balaban J connectivity index is 1.76.